The number of carbonyl (C=O) groups is 1. The van der Waals surface area contributed by atoms with Crippen LogP contribution in [0.2, 0.25) is 0 Å². The molecule has 122 valence electrons. The first-order valence-electron chi connectivity index (χ1n) is 7.10. The van der Waals surface area contributed by atoms with Gasteiger partial charge in [0.05, 0.1) is 0 Å². The summed E-state index contributed by atoms with van der Waals surface area (Å²) in [5.74, 6) is -0.103. The number of aromatic amines is 1. The van der Waals surface area contributed by atoms with Gasteiger partial charge >= 0.3 is 5.76 Å². The van der Waals surface area contributed by atoms with Crippen LogP contribution in [0.3, 0.4) is 0 Å². The van der Waals surface area contributed by atoms with Crippen molar-refractivity contribution in [2.24, 2.45) is 0 Å². The van der Waals surface area contributed by atoms with E-state index in [-0.39, 0.29) is 17.7 Å². The highest BCUT2D eigenvalue weighted by molar-refractivity contribution is 5.98. The Kier molecular flexibility index (Phi) is 4.03. The predicted octanol–water partition coefficient (Wildman–Crippen LogP) is 0.899. The Morgan fingerprint density at radius 1 is 1.46 bits per heavy atom. The first kappa shape index (κ1) is 15.4. The van der Waals surface area contributed by atoms with E-state index in [1.807, 2.05) is 6.07 Å². The van der Waals surface area contributed by atoms with Crippen molar-refractivity contribution in [1.29, 1.82) is 5.26 Å². The van der Waals surface area contributed by atoms with Crippen molar-refractivity contribution in [2.75, 3.05) is 6.54 Å². The van der Waals surface area contributed by atoms with Crippen LogP contribution < -0.4 is 11.1 Å². The zero-order valence-corrected chi connectivity index (χ0v) is 12.7. The molecule has 0 aromatic carbocycles. The number of hydrogen-bond donors (Lipinski definition) is 2. The van der Waals surface area contributed by atoms with Crippen LogP contribution in [0.5, 0.6) is 0 Å². The summed E-state index contributed by atoms with van der Waals surface area (Å²) in [5.41, 5.74) is 0.353. The second kappa shape index (κ2) is 6.29. The lowest BCUT2D eigenvalue weighted by molar-refractivity contribution is 0.0952. The highest BCUT2D eigenvalue weighted by Crippen LogP contribution is 2.25. The number of nitrogens with one attached hydrogen (secondary N) is 2. The molecule has 0 aliphatic heterocycles. The standard InChI is InChI=1S/C15H13N5O4/c1-9-12(10(8-16)14(23-9)20-6-2-3-7-20)13(21)17-5-4-11-18-15(22)24-19-11/h2-3,6-7H,4-5H2,1H3,(H,17,21)(H,18,19,22). The van der Waals surface area contributed by atoms with E-state index in [0.717, 1.165) is 0 Å². The Balaban J connectivity index is 1.77. The smallest absolute Gasteiger partial charge is 0.438 e. The highest BCUT2D eigenvalue weighted by Gasteiger charge is 2.24. The van der Waals surface area contributed by atoms with Gasteiger partial charge in [0.1, 0.15) is 23.0 Å². The largest absolute Gasteiger partial charge is 0.443 e. The maximum atomic E-state index is 12.4. The van der Waals surface area contributed by atoms with Crippen molar-refractivity contribution < 1.29 is 13.7 Å². The average Bonchev–Trinajstić information content (AvgIpc) is 3.26. The molecule has 3 aromatic heterocycles. The van der Waals surface area contributed by atoms with Crippen molar-refractivity contribution in [3.63, 3.8) is 0 Å². The Morgan fingerprint density at radius 2 is 2.21 bits per heavy atom. The zero-order chi connectivity index (χ0) is 17.1. The van der Waals surface area contributed by atoms with Crippen LogP contribution in [0, 0.1) is 18.3 Å². The third-order valence-electron chi connectivity index (χ3n) is 3.38. The van der Waals surface area contributed by atoms with Crippen LogP contribution in [0.25, 0.3) is 5.88 Å². The molecule has 0 atom stereocenters. The Morgan fingerprint density at radius 3 is 2.83 bits per heavy atom. The van der Waals surface area contributed by atoms with Gasteiger partial charge in [0.2, 0.25) is 5.88 Å². The molecular weight excluding hydrogens is 314 g/mol. The molecule has 9 nitrogen and oxygen atoms in total. The predicted molar refractivity (Wildman–Crippen MR) is 80.6 cm³/mol. The third-order valence-corrected chi connectivity index (χ3v) is 3.38. The topological polar surface area (TPSA) is 130 Å². The van der Waals surface area contributed by atoms with Gasteiger partial charge in [0.15, 0.2) is 5.82 Å². The maximum Gasteiger partial charge on any atom is 0.438 e. The molecule has 0 unspecified atom stereocenters. The second-order valence-corrected chi connectivity index (χ2v) is 4.96. The van der Waals surface area contributed by atoms with Crippen LogP contribution in [0.4, 0.5) is 0 Å². The SMILES string of the molecule is Cc1oc(-n2cccc2)c(C#N)c1C(=O)NCCc1noc(=O)[nH]1. The lowest BCUT2D eigenvalue weighted by Gasteiger charge is -2.03. The normalized spacial score (nSPS) is 10.5. The molecule has 9 heteroatoms. The van der Waals surface area contributed by atoms with Gasteiger partial charge in [-0.2, -0.15) is 5.26 Å². The minimum absolute atomic E-state index is 0.163. The molecule has 0 aliphatic rings. The highest BCUT2D eigenvalue weighted by atomic mass is 16.5. The number of rotatable bonds is 5. The van der Waals surface area contributed by atoms with Crippen LogP contribution in [-0.4, -0.2) is 27.2 Å². The molecule has 3 heterocycles. The van der Waals surface area contributed by atoms with Crippen molar-refractivity contribution in [1.82, 2.24) is 20.0 Å². The van der Waals surface area contributed by atoms with Gasteiger partial charge in [0.25, 0.3) is 5.91 Å². The molecule has 0 saturated heterocycles. The van der Waals surface area contributed by atoms with Gasteiger partial charge < -0.3 is 9.73 Å². The summed E-state index contributed by atoms with van der Waals surface area (Å²) in [6.45, 7) is 1.84. The van der Waals surface area contributed by atoms with Crippen LogP contribution in [0.1, 0.15) is 27.5 Å². The van der Waals surface area contributed by atoms with Gasteiger partial charge in [-0.1, -0.05) is 5.16 Å². The Hall–Kier alpha value is -3.54. The number of carbonyl (C=O) groups excluding carboxylic acids is 1. The summed E-state index contributed by atoms with van der Waals surface area (Å²) < 4.78 is 11.6. The van der Waals surface area contributed by atoms with E-state index in [2.05, 4.69) is 20.0 Å². The molecule has 3 aromatic rings. The van der Waals surface area contributed by atoms with Crippen LogP contribution in [0.15, 0.2) is 38.3 Å². The number of hydrogen-bond acceptors (Lipinski definition) is 6. The van der Waals surface area contributed by atoms with Gasteiger partial charge in [-0.15, -0.1) is 0 Å². The molecule has 0 aliphatic carbocycles. The number of aromatic nitrogens is 3. The molecule has 24 heavy (non-hydrogen) atoms. The quantitative estimate of drug-likeness (QED) is 0.716. The number of furan rings is 1. The summed E-state index contributed by atoms with van der Waals surface area (Å²) in [5, 5.41) is 15.6. The first-order chi connectivity index (χ1) is 11.6. The fourth-order valence-electron chi connectivity index (χ4n) is 2.31. The monoisotopic (exact) mass is 327 g/mol. The third kappa shape index (κ3) is 2.85. The number of amides is 1. The maximum absolute atomic E-state index is 12.4. The van der Waals surface area contributed by atoms with Gasteiger partial charge in [-0.25, -0.2) is 4.79 Å². The number of nitrogens with zero attached hydrogens (tertiary/aromatic N) is 3. The fourth-order valence-corrected chi connectivity index (χ4v) is 2.31. The average molecular weight is 327 g/mol. The molecule has 1 amide bonds. The number of nitriles is 1. The summed E-state index contributed by atoms with van der Waals surface area (Å²) in [4.78, 5) is 25.6. The van der Waals surface area contributed by atoms with E-state index in [0.29, 0.717) is 23.9 Å². The molecular formula is C15H13N5O4. The summed E-state index contributed by atoms with van der Waals surface area (Å²) in [6.07, 6.45) is 3.74. The zero-order valence-electron chi connectivity index (χ0n) is 12.7. The van der Waals surface area contributed by atoms with Crippen LogP contribution in [-0.2, 0) is 6.42 Å². The van der Waals surface area contributed by atoms with E-state index in [4.69, 9.17) is 4.42 Å². The van der Waals surface area contributed by atoms with E-state index < -0.39 is 11.7 Å². The van der Waals surface area contributed by atoms with Gasteiger partial charge in [-0.3, -0.25) is 18.9 Å². The lowest BCUT2D eigenvalue weighted by atomic mass is 10.1. The summed E-state index contributed by atoms with van der Waals surface area (Å²) in [7, 11) is 0. The molecule has 0 bridgehead atoms. The van der Waals surface area contributed by atoms with E-state index >= 15 is 0 Å². The van der Waals surface area contributed by atoms with Gasteiger partial charge in [0, 0.05) is 25.4 Å². The number of H-pyrrole nitrogens is 1. The summed E-state index contributed by atoms with van der Waals surface area (Å²) >= 11 is 0. The number of aryl methyl sites for hydroxylation is 1. The Bertz CT molecular complexity index is 955. The second-order valence-electron chi connectivity index (χ2n) is 4.96. The molecule has 2 N–H and O–H groups in total. The van der Waals surface area contributed by atoms with E-state index in [9.17, 15) is 14.9 Å². The molecule has 0 spiro atoms. The molecule has 0 fully saturated rings. The summed E-state index contributed by atoms with van der Waals surface area (Å²) in [6, 6.07) is 5.59. The molecule has 0 saturated carbocycles. The van der Waals surface area contributed by atoms with E-state index in [1.54, 1.807) is 36.0 Å². The van der Waals surface area contributed by atoms with Crippen molar-refractivity contribution >= 4 is 5.91 Å². The first-order valence-corrected chi connectivity index (χ1v) is 7.10. The molecule has 0 radical (unpaired) electrons. The van der Waals surface area contributed by atoms with Crippen molar-refractivity contribution in [3.8, 4) is 12.0 Å². The molecule has 3 rings (SSSR count). The minimum atomic E-state index is -0.648. The van der Waals surface area contributed by atoms with E-state index in [1.165, 1.54) is 0 Å². The van der Waals surface area contributed by atoms with Crippen molar-refractivity contribution in [3.05, 3.63) is 57.8 Å². The van der Waals surface area contributed by atoms with Gasteiger partial charge in [-0.05, 0) is 19.1 Å². The fraction of sp³-hybridized carbons (Fsp3) is 0.200. The lowest BCUT2D eigenvalue weighted by Crippen LogP contribution is -2.27. The van der Waals surface area contributed by atoms with Crippen LogP contribution >= 0.6 is 0 Å². The minimum Gasteiger partial charge on any atom is -0.443 e. The van der Waals surface area contributed by atoms with Crippen molar-refractivity contribution in [2.45, 2.75) is 13.3 Å². The Labute approximate surface area is 135 Å².